The van der Waals surface area contributed by atoms with E-state index in [2.05, 4.69) is 0 Å². The van der Waals surface area contributed by atoms with Crippen LogP contribution >= 0.6 is 0 Å². The number of hydrogen-bond acceptors (Lipinski definition) is 6. The Hall–Kier alpha value is -2.18. The lowest BCUT2D eigenvalue weighted by Gasteiger charge is -2.25. The number of aliphatic hydroxyl groups is 2. The van der Waals surface area contributed by atoms with Gasteiger partial charge >= 0.3 is 11.9 Å². The van der Waals surface area contributed by atoms with Gasteiger partial charge in [-0.1, -0.05) is 42.5 Å². The lowest BCUT2D eigenvalue weighted by atomic mass is 9.80. The molecule has 2 N–H and O–H groups in total. The normalized spacial score (nSPS) is 12.9. The number of ether oxygens (including phenoxy) is 2. The van der Waals surface area contributed by atoms with Crippen molar-refractivity contribution >= 4 is 11.9 Å². The molecule has 1 aromatic rings. The first-order valence-electron chi connectivity index (χ1n) is 6.69. The summed E-state index contributed by atoms with van der Waals surface area (Å²) in [7, 11) is 2.34. The molecule has 0 saturated carbocycles. The van der Waals surface area contributed by atoms with Crippen LogP contribution in [-0.4, -0.2) is 49.1 Å². The standard InChI is InChI=1S/C16H20O6/c1-21-14(19)16(15(20)22-2,9-8-13(18)11-17)10-12-6-4-3-5-7-12/h3-9,13,17-18H,10-11H2,1-2H3/b9-8+/t13-/m0/s1. The van der Waals surface area contributed by atoms with Crippen LogP contribution in [0.15, 0.2) is 42.5 Å². The molecule has 0 aliphatic rings. The Labute approximate surface area is 129 Å². The van der Waals surface area contributed by atoms with Crippen molar-refractivity contribution in [1.29, 1.82) is 0 Å². The largest absolute Gasteiger partial charge is 0.468 e. The van der Waals surface area contributed by atoms with Crippen molar-refractivity contribution in [2.75, 3.05) is 20.8 Å². The summed E-state index contributed by atoms with van der Waals surface area (Å²) < 4.78 is 9.48. The number of methoxy groups -OCH3 is 2. The molecule has 0 spiro atoms. The number of carbonyl (C=O) groups is 2. The van der Waals surface area contributed by atoms with Gasteiger partial charge in [-0.25, -0.2) is 0 Å². The SMILES string of the molecule is COC(=O)C(/C=C/[C@H](O)CO)(Cc1ccccc1)C(=O)OC. The molecular weight excluding hydrogens is 288 g/mol. The first-order valence-corrected chi connectivity index (χ1v) is 6.69. The minimum absolute atomic E-state index is 0.0157. The molecule has 0 heterocycles. The molecule has 0 unspecified atom stereocenters. The third-order valence-electron chi connectivity index (χ3n) is 3.22. The van der Waals surface area contributed by atoms with Gasteiger partial charge in [-0.15, -0.1) is 0 Å². The number of rotatable bonds is 7. The van der Waals surface area contributed by atoms with E-state index in [0.717, 1.165) is 5.56 Å². The van der Waals surface area contributed by atoms with Gasteiger partial charge in [0, 0.05) is 6.42 Å². The van der Waals surface area contributed by atoms with Gasteiger partial charge in [-0.2, -0.15) is 0 Å². The molecule has 0 fully saturated rings. The van der Waals surface area contributed by atoms with Crippen LogP contribution in [0.5, 0.6) is 0 Å². The van der Waals surface area contributed by atoms with E-state index < -0.39 is 30.1 Å². The Morgan fingerprint density at radius 2 is 1.73 bits per heavy atom. The van der Waals surface area contributed by atoms with Crippen LogP contribution in [0.3, 0.4) is 0 Å². The van der Waals surface area contributed by atoms with Crippen molar-refractivity contribution in [3.63, 3.8) is 0 Å². The van der Waals surface area contributed by atoms with Crippen molar-refractivity contribution in [3.8, 4) is 0 Å². The summed E-state index contributed by atoms with van der Waals surface area (Å²) in [5.41, 5.74) is -0.998. The zero-order chi connectivity index (χ0) is 16.6. The van der Waals surface area contributed by atoms with Crippen LogP contribution < -0.4 is 0 Å². The Kier molecular flexibility index (Phi) is 6.75. The second kappa shape index (κ2) is 8.31. The van der Waals surface area contributed by atoms with Gasteiger partial charge in [-0.05, 0) is 5.56 Å². The fourth-order valence-corrected chi connectivity index (χ4v) is 2.04. The van der Waals surface area contributed by atoms with Crippen LogP contribution in [0.1, 0.15) is 5.56 Å². The molecule has 1 atom stereocenters. The van der Waals surface area contributed by atoms with Crippen LogP contribution in [-0.2, 0) is 25.5 Å². The van der Waals surface area contributed by atoms with Crippen molar-refractivity contribution in [1.82, 2.24) is 0 Å². The Morgan fingerprint density at radius 3 is 2.18 bits per heavy atom. The monoisotopic (exact) mass is 308 g/mol. The fourth-order valence-electron chi connectivity index (χ4n) is 2.04. The lowest BCUT2D eigenvalue weighted by molar-refractivity contribution is -0.165. The van der Waals surface area contributed by atoms with Gasteiger partial charge < -0.3 is 19.7 Å². The number of carbonyl (C=O) groups excluding carboxylic acids is 2. The molecule has 120 valence electrons. The van der Waals surface area contributed by atoms with Gasteiger partial charge in [0.1, 0.15) is 0 Å². The van der Waals surface area contributed by atoms with E-state index in [-0.39, 0.29) is 6.42 Å². The third-order valence-corrected chi connectivity index (χ3v) is 3.22. The van der Waals surface area contributed by atoms with Crippen LogP contribution in [0, 0.1) is 5.41 Å². The molecule has 0 saturated heterocycles. The van der Waals surface area contributed by atoms with Crippen LogP contribution in [0.4, 0.5) is 0 Å². The average molecular weight is 308 g/mol. The molecule has 0 bridgehead atoms. The Bertz CT molecular complexity index is 507. The predicted molar refractivity (Wildman–Crippen MR) is 78.8 cm³/mol. The topological polar surface area (TPSA) is 93.1 Å². The molecule has 0 aliphatic heterocycles. The number of hydrogen-bond donors (Lipinski definition) is 2. The summed E-state index contributed by atoms with van der Waals surface area (Å²) in [4.78, 5) is 24.4. The van der Waals surface area contributed by atoms with E-state index in [1.807, 2.05) is 6.07 Å². The summed E-state index contributed by atoms with van der Waals surface area (Å²) in [6.07, 6.45) is 1.22. The summed E-state index contributed by atoms with van der Waals surface area (Å²) in [6.45, 7) is -0.528. The predicted octanol–water partition coefficient (Wildman–Crippen LogP) is 0.471. The lowest BCUT2D eigenvalue weighted by Crippen LogP contribution is -2.42. The highest BCUT2D eigenvalue weighted by atomic mass is 16.5. The Morgan fingerprint density at radius 1 is 1.18 bits per heavy atom. The first-order chi connectivity index (χ1) is 10.5. The van der Waals surface area contributed by atoms with Gasteiger partial charge in [0.25, 0.3) is 0 Å². The van der Waals surface area contributed by atoms with E-state index >= 15 is 0 Å². The molecule has 1 rings (SSSR count). The van der Waals surface area contributed by atoms with E-state index in [0.29, 0.717) is 0 Å². The molecule has 6 heteroatoms. The zero-order valence-electron chi connectivity index (χ0n) is 12.6. The molecule has 1 aromatic carbocycles. The summed E-state index contributed by atoms with van der Waals surface area (Å²) in [6, 6.07) is 8.89. The van der Waals surface area contributed by atoms with Crippen molar-refractivity contribution in [2.24, 2.45) is 5.41 Å². The second-order valence-electron chi connectivity index (χ2n) is 4.73. The van der Waals surface area contributed by atoms with E-state index in [1.165, 1.54) is 26.4 Å². The van der Waals surface area contributed by atoms with Crippen molar-refractivity contribution in [2.45, 2.75) is 12.5 Å². The van der Waals surface area contributed by atoms with Crippen LogP contribution in [0.25, 0.3) is 0 Å². The molecule has 0 amide bonds. The third kappa shape index (κ3) is 4.16. The molecule has 6 nitrogen and oxygen atoms in total. The fraction of sp³-hybridized carbons (Fsp3) is 0.375. The average Bonchev–Trinajstić information content (AvgIpc) is 2.57. The molecule has 0 aromatic heterocycles. The Balaban J connectivity index is 3.28. The van der Waals surface area contributed by atoms with E-state index in [1.54, 1.807) is 24.3 Å². The van der Waals surface area contributed by atoms with Crippen molar-refractivity contribution in [3.05, 3.63) is 48.0 Å². The van der Waals surface area contributed by atoms with Gasteiger partial charge in [0.2, 0.25) is 0 Å². The van der Waals surface area contributed by atoms with Gasteiger partial charge in [-0.3, -0.25) is 9.59 Å². The van der Waals surface area contributed by atoms with E-state index in [9.17, 15) is 14.7 Å². The number of esters is 2. The molecule has 0 aliphatic carbocycles. The summed E-state index contributed by atoms with van der Waals surface area (Å²) in [5, 5.41) is 18.3. The quantitative estimate of drug-likeness (QED) is 0.432. The highest BCUT2D eigenvalue weighted by Gasteiger charge is 2.46. The molecule has 0 radical (unpaired) electrons. The smallest absolute Gasteiger partial charge is 0.327 e. The zero-order valence-corrected chi connectivity index (χ0v) is 12.6. The van der Waals surface area contributed by atoms with Gasteiger partial charge in [0.15, 0.2) is 5.41 Å². The maximum absolute atomic E-state index is 12.2. The highest BCUT2D eigenvalue weighted by molar-refractivity contribution is 6.02. The second-order valence-corrected chi connectivity index (χ2v) is 4.73. The summed E-state index contributed by atoms with van der Waals surface area (Å²) in [5.74, 6) is -1.60. The highest BCUT2D eigenvalue weighted by Crippen LogP contribution is 2.29. The number of benzene rings is 1. The molecule has 22 heavy (non-hydrogen) atoms. The minimum Gasteiger partial charge on any atom is -0.468 e. The van der Waals surface area contributed by atoms with E-state index in [4.69, 9.17) is 14.6 Å². The number of aliphatic hydroxyl groups excluding tert-OH is 2. The van der Waals surface area contributed by atoms with Crippen LogP contribution in [0.2, 0.25) is 0 Å². The maximum Gasteiger partial charge on any atom is 0.327 e. The summed E-state index contributed by atoms with van der Waals surface area (Å²) >= 11 is 0. The minimum atomic E-state index is -1.72. The van der Waals surface area contributed by atoms with Gasteiger partial charge in [0.05, 0.1) is 26.9 Å². The maximum atomic E-state index is 12.2. The first kappa shape index (κ1) is 17.9. The molecular formula is C16H20O6. The van der Waals surface area contributed by atoms with Crippen molar-refractivity contribution < 1.29 is 29.3 Å².